The highest BCUT2D eigenvalue weighted by Crippen LogP contribution is 2.23. The number of aryl methyl sites for hydroxylation is 2. The first-order valence-electron chi connectivity index (χ1n) is 7.84. The van der Waals surface area contributed by atoms with Gasteiger partial charge in [-0.2, -0.15) is 0 Å². The lowest BCUT2D eigenvalue weighted by Gasteiger charge is -2.12. The van der Waals surface area contributed by atoms with Crippen LogP contribution in [0.3, 0.4) is 0 Å². The standard InChI is InChI=1S/C19H18ClN3OS/c1-12-4-3-5-14(8-12)18(24)23-17-9-15(7-6-13(17)2)21-10-16-11-22-19(20)25-16/h3-9,11,21H,10H2,1-2H3,(H,23,24). The van der Waals surface area contributed by atoms with Crippen LogP contribution >= 0.6 is 22.9 Å². The molecule has 6 heteroatoms. The van der Waals surface area contributed by atoms with E-state index in [-0.39, 0.29) is 5.91 Å². The second kappa shape index (κ2) is 7.68. The maximum absolute atomic E-state index is 12.5. The molecule has 0 spiro atoms. The molecule has 0 aliphatic rings. The van der Waals surface area contributed by atoms with E-state index in [4.69, 9.17) is 11.6 Å². The second-order valence-corrected chi connectivity index (χ2v) is 7.48. The third kappa shape index (κ3) is 4.59. The second-order valence-electron chi connectivity index (χ2n) is 5.79. The van der Waals surface area contributed by atoms with Gasteiger partial charge >= 0.3 is 0 Å². The quantitative estimate of drug-likeness (QED) is 0.641. The summed E-state index contributed by atoms with van der Waals surface area (Å²) < 4.78 is 0.534. The van der Waals surface area contributed by atoms with Crippen molar-refractivity contribution in [1.82, 2.24) is 4.98 Å². The first kappa shape index (κ1) is 17.5. The normalized spacial score (nSPS) is 10.5. The summed E-state index contributed by atoms with van der Waals surface area (Å²) in [6.07, 6.45) is 1.76. The Morgan fingerprint density at radius 2 is 2.04 bits per heavy atom. The number of benzene rings is 2. The first-order valence-corrected chi connectivity index (χ1v) is 9.03. The minimum atomic E-state index is -0.113. The zero-order chi connectivity index (χ0) is 17.8. The Bertz CT molecular complexity index is 907. The molecule has 3 aromatic rings. The van der Waals surface area contributed by atoms with Gasteiger partial charge in [-0.15, -0.1) is 11.3 Å². The summed E-state index contributed by atoms with van der Waals surface area (Å²) in [7, 11) is 0. The fraction of sp³-hybridized carbons (Fsp3) is 0.158. The van der Waals surface area contributed by atoms with E-state index in [0.29, 0.717) is 16.6 Å². The van der Waals surface area contributed by atoms with Crippen LogP contribution in [0.25, 0.3) is 0 Å². The van der Waals surface area contributed by atoms with Crippen LogP contribution in [0.4, 0.5) is 11.4 Å². The molecule has 0 saturated heterocycles. The largest absolute Gasteiger partial charge is 0.380 e. The minimum Gasteiger partial charge on any atom is -0.380 e. The summed E-state index contributed by atoms with van der Waals surface area (Å²) in [5, 5.41) is 6.31. The molecule has 0 atom stereocenters. The lowest BCUT2D eigenvalue weighted by Crippen LogP contribution is -2.13. The Balaban J connectivity index is 1.71. The third-order valence-electron chi connectivity index (χ3n) is 3.76. The molecule has 1 amide bonds. The molecular weight excluding hydrogens is 354 g/mol. The van der Waals surface area contributed by atoms with Gasteiger partial charge in [-0.3, -0.25) is 4.79 Å². The fourth-order valence-corrected chi connectivity index (χ4v) is 3.32. The van der Waals surface area contributed by atoms with Crippen LogP contribution in [-0.2, 0) is 6.54 Å². The molecule has 0 unspecified atom stereocenters. The molecule has 2 aromatic carbocycles. The van der Waals surface area contributed by atoms with Crippen LogP contribution in [0.2, 0.25) is 4.47 Å². The van der Waals surface area contributed by atoms with Gasteiger partial charge in [-0.1, -0.05) is 35.4 Å². The highest BCUT2D eigenvalue weighted by molar-refractivity contribution is 7.15. The number of thiazole rings is 1. The van der Waals surface area contributed by atoms with E-state index in [9.17, 15) is 4.79 Å². The van der Waals surface area contributed by atoms with E-state index < -0.39 is 0 Å². The van der Waals surface area contributed by atoms with E-state index in [1.807, 2.05) is 56.3 Å². The molecular formula is C19H18ClN3OS. The molecule has 3 rings (SSSR count). The number of aromatic nitrogens is 1. The van der Waals surface area contributed by atoms with E-state index in [0.717, 1.165) is 27.4 Å². The van der Waals surface area contributed by atoms with Crippen molar-refractivity contribution in [3.8, 4) is 0 Å². The summed E-state index contributed by atoms with van der Waals surface area (Å²) in [5.74, 6) is -0.113. The molecule has 1 heterocycles. The van der Waals surface area contributed by atoms with Gasteiger partial charge in [0.1, 0.15) is 0 Å². The lowest BCUT2D eigenvalue weighted by atomic mass is 10.1. The van der Waals surface area contributed by atoms with Crippen molar-refractivity contribution < 1.29 is 4.79 Å². The van der Waals surface area contributed by atoms with Crippen molar-refractivity contribution in [3.05, 3.63) is 74.7 Å². The van der Waals surface area contributed by atoms with Crippen LogP contribution in [0, 0.1) is 13.8 Å². The molecule has 0 radical (unpaired) electrons. The summed E-state index contributed by atoms with van der Waals surface area (Å²) in [6.45, 7) is 4.58. The number of carbonyl (C=O) groups excluding carboxylic acids is 1. The van der Waals surface area contributed by atoms with Gasteiger partial charge in [0.25, 0.3) is 5.91 Å². The average Bonchev–Trinajstić information content (AvgIpc) is 3.01. The van der Waals surface area contributed by atoms with Crippen LogP contribution in [0.15, 0.2) is 48.7 Å². The summed E-state index contributed by atoms with van der Waals surface area (Å²) in [5.41, 5.74) is 4.43. The Hall–Kier alpha value is -2.37. The highest BCUT2D eigenvalue weighted by atomic mass is 35.5. The van der Waals surface area contributed by atoms with Crippen molar-refractivity contribution in [2.24, 2.45) is 0 Å². The van der Waals surface area contributed by atoms with Crippen molar-refractivity contribution in [2.45, 2.75) is 20.4 Å². The number of amides is 1. The van der Waals surface area contributed by atoms with Gasteiger partial charge in [0.15, 0.2) is 4.47 Å². The number of rotatable bonds is 5. The molecule has 0 bridgehead atoms. The molecule has 4 nitrogen and oxygen atoms in total. The average molecular weight is 372 g/mol. The predicted molar refractivity (Wildman–Crippen MR) is 105 cm³/mol. The Labute approximate surface area is 155 Å². The smallest absolute Gasteiger partial charge is 0.255 e. The molecule has 25 heavy (non-hydrogen) atoms. The third-order valence-corrected chi connectivity index (χ3v) is 4.87. The number of nitrogens with one attached hydrogen (secondary N) is 2. The highest BCUT2D eigenvalue weighted by Gasteiger charge is 2.09. The molecule has 2 N–H and O–H groups in total. The molecule has 128 valence electrons. The van der Waals surface area contributed by atoms with Gasteiger partial charge in [-0.05, 0) is 43.7 Å². The van der Waals surface area contributed by atoms with Gasteiger partial charge in [-0.25, -0.2) is 4.98 Å². The molecule has 0 aliphatic carbocycles. The number of halogens is 1. The molecule has 0 saturated carbocycles. The lowest BCUT2D eigenvalue weighted by molar-refractivity contribution is 0.102. The molecule has 0 aliphatic heterocycles. The summed E-state index contributed by atoms with van der Waals surface area (Å²) in [4.78, 5) is 17.5. The van der Waals surface area contributed by atoms with Crippen molar-refractivity contribution in [2.75, 3.05) is 10.6 Å². The number of nitrogens with zero attached hydrogens (tertiary/aromatic N) is 1. The Morgan fingerprint density at radius 3 is 2.76 bits per heavy atom. The van der Waals surface area contributed by atoms with Crippen LogP contribution in [0.1, 0.15) is 26.4 Å². The Kier molecular flexibility index (Phi) is 5.36. The van der Waals surface area contributed by atoms with Gasteiger partial charge in [0, 0.05) is 28.0 Å². The topological polar surface area (TPSA) is 54.0 Å². The van der Waals surface area contributed by atoms with Crippen LogP contribution in [0.5, 0.6) is 0 Å². The zero-order valence-electron chi connectivity index (χ0n) is 14.0. The molecule has 1 aromatic heterocycles. The predicted octanol–water partition coefficient (Wildman–Crippen LogP) is 5.28. The first-order chi connectivity index (χ1) is 12.0. The summed E-state index contributed by atoms with van der Waals surface area (Å²) >= 11 is 7.29. The van der Waals surface area contributed by atoms with E-state index in [1.165, 1.54) is 11.3 Å². The minimum absolute atomic E-state index is 0.113. The van der Waals surface area contributed by atoms with E-state index in [1.54, 1.807) is 6.20 Å². The number of carbonyl (C=O) groups is 1. The SMILES string of the molecule is Cc1cccc(C(=O)Nc2cc(NCc3cnc(Cl)s3)ccc2C)c1. The maximum Gasteiger partial charge on any atom is 0.255 e. The number of hydrogen-bond acceptors (Lipinski definition) is 4. The van der Waals surface area contributed by atoms with Crippen LogP contribution in [-0.4, -0.2) is 10.9 Å². The maximum atomic E-state index is 12.5. The van der Waals surface area contributed by atoms with E-state index >= 15 is 0 Å². The van der Waals surface area contributed by atoms with E-state index in [2.05, 4.69) is 15.6 Å². The van der Waals surface area contributed by atoms with Gasteiger partial charge in [0.2, 0.25) is 0 Å². The number of anilines is 2. The summed E-state index contributed by atoms with van der Waals surface area (Å²) in [6, 6.07) is 13.4. The van der Waals surface area contributed by atoms with Crippen molar-refractivity contribution in [1.29, 1.82) is 0 Å². The van der Waals surface area contributed by atoms with Crippen LogP contribution < -0.4 is 10.6 Å². The van der Waals surface area contributed by atoms with Crippen molar-refractivity contribution >= 4 is 40.2 Å². The van der Waals surface area contributed by atoms with Crippen molar-refractivity contribution in [3.63, 3.8) is 0 Å². The molecule has 0 fully saturated rings. The fourth-order valence-electron chi connectivity index (χ4n) is 2.40. The van der Waals surface area contributed by atoms with Gasteiger partial charge in [0.05, 0.1) is 6.54 Å². The number of hydrogen-bond donors (Lipinski definition) is 2. The van der Waals surface area contributed by atoms with Gasteiger partial charge < -0.3 is 10.6 Å². The Morgan fingerprint density at radius 1 is 1.20 bits per heavy atom. The monoisotopic (exact) mass is 371 g/mol. The zero-order valence-corrected chi connectivity index (χ0v) is 15.5.